The van der Waals surface area contributed by atoms with Crippen LogP contribution in [0.15, 0.2) is 23.7 Å². The molecule has 1 unspecified atom stereocenters. The third-order valence-electron chi connectivity index (χ3n) is 4.45. The first-order valence-corrected chi connectivity index (χ1v) is 8.10. The summed E-state index contributed by atoms with van der Waals surface area (Å²) in [7, 11) is 1.86. The van der Waals surface area contributed by atoms with E-state index in [-0.39, 0.29) is 0 Å². The standard InChI is InChI=1S/C15H26N6O/c1-16-15(18-4-7-19-6-3-17-13-19)21-5-2-14(12-21)20-8-10-22-11-9-20/h3,6,13-14H,2,4-5,7-12H2,1H3,(H,16,18). The van der Waals surface area contributed by atoms with Crippen LogP contribution in [-0.2, 0) is 11.3 Å². The molecule has 2 fully saturated rings. The molecule has 1 aromatic rings. The molecule has 1 aromatic heterocycles. The molecule has 122 valence electrons. The number of hydrogen-bond donors (Lipinski definition) is 1. The van der Waals surface area contributed by atoms with Crippen molar-refractivity contribution in [1.82, 2.24) is 24.7 Å². The number of rotatable bonds is 4. The number of morpholine rings is 1. The van der Waals surface area contributed by atoms with Gasteiger partial charge in [0.15, 0.2) is 5.96 Å². The number of guanidine groups is 1. The molecule has 1 N–H and O–H groups in total. The van der Waals surface area contributed by atoms with E-state index in [0.717, 1.165) is 58.4 Å². The van der Waals surface area contributed by atoms with E-state index in [2.05, 4.69) is 29.7 Å². The first-order chi connectivity index (χ1) is 10.9. The Hall–Kier alpha value is -1.60. The highest BCUT2D eigenvalue weighted by atomic mass is 16.5. The van der Waals surface area contributed by atoms with E-state index < -0.39 is 0 Å². The van der Waals surface area contributed by atoms with Crippen molar-refractivity contribution in [2.75, 3.05) is 53.0 Å². The lowest BCUT2D eigenvalue weighted by Crippen LogP contribution is -2.47. The highest BCUT2D eigenvalue weighted by Crippen LogP contribution is 2.16. The van der Waals surface area contributed by atoms with Gasteiger partial charge in [-0.25, -0.2) is 4.98 Å². The molecule has 2 aliphatic heterocycles. The van der Waals surface area contributed by atoms with Gasteiger partial charge in [0.05, 0.1) is 19.5 Å². The van der Waals surface area contributed by atoms with Crippen molar-refractivity contribution in [3.8, 4) is 0 Å². The second-order valence-corrected chi connectivity index (χ2v) is 5.81. The Balaban J connectivity index is 1.45. The van der Waals surface area contributed by atoms with Gasteiger partial charge < -0.3 is 19.5 Å². The molecular formula is C15H26N6O. The van der Waals surface area contributed by atoms with Crippen LogP contribution in [0.2, 0.25) is 0 Å². The second kappa shape index (κ2) is 7.60. The van der Waals surface area contributed by atoms with Crippen LogP contribution in [0.3, 0.4) is 0 Å². The quantitative estimate of drug-likeness (QED) is 0.620. The van der Waals surface area contributed by atoms with Crippen LogP contribution in [-0.4, -0.2) is 84.3 Å². The molecule has 1 atom stereocenters. The minimum Gasteiger partial charge on any atom is -0.379 e. The number of aromatic nitrogens is 2. The SMILES string of the molecule is CN=C(NCCn1ccnc1)N1CCC(N2CCOCC2)C1. The highest BCUT2D eigenvalue weighted by molar-refractivity contribution is 5.80. The molecule has 0 saturated carbocycles. The number of imidazole rings is 1. The number of likely N-dealkylation sites (tertiary alicyclic amines) is 1. The van der Waals surface area contributed by atoms with Crippen LogP contribution in [0.1, 0.15) is 6.42 Å². The lowest BCUT2D eigenvalue weighted by Gasteiger charge is -2.32. The minimum absolute atomic E-state index is 0.635. The molecule has 2 saturated heterocycles. The van der Waals surface area contributed by atoms with Gasteiger partial charge in [0, 0.05) is 64.8 Å². The first-order valence-electron chi connectivity index (χ1n) is 8.10. The topological polar surface area (TPSA) is 57.9 Å². The maximum Gasteiger partial charge on any atom is 0.193 e. The van der Waals surface area contributed by atoms with Crippen molar-refractivity contribution in [3.63, 3.8) is 0 Å². The van der Waals surface area contributed by atoms with Crippen LogP contribution in [0.25, 0.3) is 0 Å². The second-order valence-electron chi connectivity index (χ2n) is 5.81. The van der Waals surface area contributed by atoms with Crippen molar-refractivity contribution < 1.29 is 4.74 Å². The molecule has 7 heteroatoms. The van der Waals surface area contributed by atoms with Gasteiger partial charge in [-0.05, 0) is 6.42 Å². The van der Waals surface area contributed by atoms with Gasteiger partial charge in [-0.15, -0.1) is 0 Å². The third kappa shape index (κ3) is 3.78. The number of hydrogen-bond acceptors (Lipinski definition) is 4. The zero-order valence-corrected chi connectivity index (χ0v) is 13.3. The fourth-order valence-electron chi connectivity index (χ4n) is 3.22. The number of aliphatic imine (C=N–C) groups is 1. The Morgan fingerprint density at radius 2 is 2.23 bits per heavy atom. The predicted molar refractivity (Wildman–Crippen MR) is 86.0 cm³/mol. The molecule has 0 spiro atoms. The van der Waals surface area contributed by atoms with E-state index in [1.807, 2.05) is 25.8 Å². The average Bonchev–Trinajstić information content (AvgIpc) is 3.24. The molecule has 0 aliphatic carbocycles. The van der Waals surface area contributed by atoms with E-state index in [9.17, 15) is 0 Å². The molecule has 0 aromatic carbocycles. The Morgan fingerprint density at radius 1 is 1.36 bits per heavy atom. The lowest BCUT2D eigenvalue weighted by atomic mass is 10.2. The molecule has 22 heavy (non-hydrogen) atoms. The minimum atomic E-state index is 0.635. The molecular weight excluding hydrogens is 280 g/mol. The van der Waals surface area contributed by atoms with Crippen molar-refractivity contribution in [2.45, 2.75) is 19.0 Å². The van der Waals surface area contributed by atoms with Gasteiger partial charge in [-0.3, -0.25) is 9.89 Å². The van der Waals surface area contributed by atoms with Crippen LogP contribution < -0.4 is 5.32 Å². The summed E-state index contributed by atoms with van der Waals surface area (Å²) in [5.41, 5.74) is 0. The summed E-state index contributed by atoms with van der Waals surface area (Å²) in [6, 6.07) is 0.635. The fraction of sp³-hybridized carbons (Fsp3) is 0.733. The van der Waals surface area contributed by atoms with Gasteiger partial charge in [-0.2, -0.15) is 0 Å². The summed E-state index contributed by atoms with van der Waals surface area (Å²) in [4.78, 5) is 13.4. The van der Waals surface area contributed by atoms with Crippen LogP contribution in [0.4, 0.5) is 0 Å². The molecule has 0 radical (unpaired) electrons. The molecule has 3 rings (SSSR count). The zero-order valence-electron chi connectivity index (χ0n) is 13.3. The third-order valence-corrected chi connectivity index (χ3v) is 4.45. The van der Waals surface area contributed by atoms with Crippen molar-refractivity contribution in [1.29, 1.82) is 0 Å². The number of nitrogens with one attached hydrogen (secondary N) is 1. The Kier molecular flexibility index (Phi) is 5.29. The Morgan fingerprint density at radius 3 is 2.95 bits per heavy atom. The maximum absolute atomic E-state index is 5.44. The van der Waals surface area contributed by atoms with E-state index in [4.69, 9.17) is 4.74 Å². The van der Waals surface area contributed by atoms with Gasteiger partial charge in [0.1, 0.15) is 0 Å². The first kappa shape index (κ1) is 15.3. The van der Waals surface area contributed by atoms with E-state index in [0.29, 0.717) is 6.04 Å². The van der Waals surface area contributed by atoms with Gasteiger partial charge >= 0.3 is 0 Å². The van der Waals surface area contributed by atoms with Crippen molar-refractivity contribution in [3.05, 3.63) is 18.7 Å². The largest absolute Gasteiger partial charge is 0.379 e. The molecule has 0 amide bonds. The van der Waals surface area contributed by atoms with Crippen LogP contribution >= 0.6 is 0 Å². The van der Waals surface area contributed by atoms with Gasteiger partial charge in [-0.1, -0.05) is 0 Å². The molecule has 7 nitrogen and oxygen atoms in total. The summed E-state index contributed by atoms with van der Waals surface area (Å²) in [6.45, 7) is 7.76. The zero-order chi connectivity index (χ0) is 15.2. The normalized spacial score (nSPS) is 24.0. The lowest BCUT2D eigenvalue weighted by molar-refractivity contribution is 0.0195. The molecule has 2 aliphatic rings. The number of ether oxygens (including phenoxy) is 1. The van der Waals surface area contributed by atoms with E-state index in [1.165, 1.54) is 6.42 Å². The van der Waals surface area contributed by atoms with Crippen molar-refractivity contribution in [2.24, 2.45) is 4.99 Å². The van der Waals surface area contributed by atoms with E-state index >= 15 is 0 Å². The Labute approximate surface area is 132 Å². The smallest absolute Gasteiger partial charge is 0.193 e. The van der Waals surface area contributed by atoms with Crippen LogP contribution in [0, 0.1) is 0 Å². The summed E-state index contributed by atoms with van der Waals surface area (Å²) < 4.78 is 7.51. The van der Waals surface area contributed by atoms with Gasteiger partial charge in [0.25, 0.3) is 0 Å². The van der Waals surface area contributed by atoms with E-state index in [1.54, 1.807) is 0 Å². The van der Waals surface area contributed by atoms with Gasteiger partial charge in [0.2, 0.25) is 0 Å². The predicted octanol–water partition coefficient (Wildman–Crippen LogP) is -0.135. The summed E-state index contributed by atoms with van der Waals surface area (Å²) in [5.74, 6) is 1.01. The monoisotopic (exact) mass is 306 g/mol. The summed E-state index contributed by atoms with van der Waals surface area (Å²) >= 11 is 0. The average molecular weight is 306 g/mol. The van der Waals surface area contributed by atoms with Crippen molar-refractivity contribution >= 4 is 5.96 Å². The maximum atomic E-state index is 5.44. The molecule has 3 heterocycles. The number of nitrogens with zero attached hydrogens (tertiary/aromatic N) is 5. The summed E-state index contributed by atoms with van der Waals surface area (Å²) in [6.07, 6.45) is 6.84. The van der Waals surface area contributed by atoms with Crippen LogP contribution in [0.5, 0.6) is 0 Å². The Bertz CT molecular complexity index is 468. The fourth-order valence-corrected chi connectivity index (χ4v) is 3.22. The highest BCUT2D eigenvalue weighted by Gasteiger charge is 2.30. The summed E-state index contributed by atoms with van der Waals surface area (Å²) in [5, 5.41) is 3.46. The molecule has 0 bridgehead atoms.